The highest BCUT2D eigenvalue weighted by molar-refractivity contribution is 9.09. The molecule has 5 atom stereocenters. The second-order valence-corrected chi connectivity index (χ2v) is 8.11. The van der Waals surface area contributed by atoms with Crippen LogP contribution in [0, 0.1) is 0 Å². The van der Waals surface area contributed by atoms with Crippen LogP contribution in [0.25, 0.3) is 0 Å². The summed E-state index contributed by atoms with van der Waals surface area (Å²) in [6.45, 7) is 2.28. The second-order valence-electron chi connectivity index (χ2n) is 7.05. The summed E-state index contributed by atoms with van der Waals surface area (Å²) >= 11 is 3.69. The van der Waals surface area contributed by atoms with Crippen molar-refractivity contribution in [3.8, 4) is 0 Å². The first-order valence-corrected chi connectivity index (χ1v) is 10.8. The number of carbonyl (C=O) groups excluding carboxylic acids is 1. The normalized spacial score (nSPS) is 26.3. The predicted octanol–water partition coefficient (Wildman–Crippen LogP) is 3.86. The first-order valence-electron chi connectivity index (χ1n) is 9.85. The van der Waals surface area contributed by atoms with Gasteiger partial charge in [0.05, 0.1) is 18.0 Å². The van der Waals surface area contributed by atoms with Crippen LogP contribution in [0.4, 0.5) is 0 Å². The first-order chi connectivity index (χ1) is 14.6. The summed E-state index contributed by atoms with van der Waals surface area (Å²) in [5.41, 5.74) is 2.10. The Morgan fingerprint density at radius 2 is 1.47 bits per heavy atom. The van der Waals surface area contributed by atoms with E-state index < -0.39 is 18.5 Å². The molecule has 0 spiro atoms. The van der Waals surface area contributed by atoms with Gasteiger partial charge in [0.25, 0.3) is 0 Å². The average Bonchev–Trinajstić information content (AvgIpc) is 2.77. The Balaban J connectivity index is 1.75. The van der Waals surface area contributed by atoms with Gasteiger partial charge < -0.3 is 23.7 Å². The van der Waals surface area contributed by atoms with Crippen molar-refractivity contribution in [1.29, 1.82) is 0 Å². The minimum atomic E-state index is -0.663. The Kier molecular flexibility index (Phi) is 8.84. The van der Waals surface area contributed by atoms with Gasteiger partial charge >= 0.3 is 5.97 Å². The molecular weight excluding hydrogens is 452 g/mol. The van der Waals surface area contributed by atoms with E-state index in [9.17, 15) is 4.79 Å². The lowest BCUT2D eigenvalue weighted by Gasteiger charge is -2.43. The summed E-state index contributed by atoms with van der Waals surface area (Å²) in [5, 5.41) is 0. The summed E-state index contributed by atoms with van der Waals surface area (Å²) in [4.78, 5) is 11.0. The molecular formula is C23H27BrO6. The third-order valence-corrected chi connectivity index (χ3v) is 5.93. The summed E-state index contributed by atoms with van der Waals surface area (Å²) in [6.07, 6.45) is -1.95. The number of ether oxygens (including phenoxy) is 5. The fraction of sp³-hybridized carbons (Fsp3) is 0.435. The van der Waals surface area contributed by atoms with Crippen LogP contribution in [0.3, 0.4) is 0 Å². The Morgan fingerprint density at radius 3 is 1.97 bits per heavy atom. The van der Waals surface area contributed by atoms with Crippen molar-refractivity contribution in [3.63, 3.8) is 0 Å². The van der Waals surface area contributed by atoms with E-state index in [4.69, 9.17) is 23.7 Å². The van der Waals surface area contributed by atoms with Gasteiger partial charge in [-0.25, -0.2) is 0 Å². The molecule has 1 heterocycles. The van der Waals surface area contributed by atoms with E-state index in [1.54, 1.807) is 7.11 Å². The van der Waals surface area contributed by atoms with Crippen LogP contribution in [-0.4, -0.2) is 49.1 Å². The molecule has 0 radical (unpaired) electrons. The molecule has 1 aliphatic heterocycles. The molecule has 0 bridgehead atoms. The molecule has 0 amide bonds. The maximum atomic E-state index is 11.3. The van der Waals surface area contributed by atoms with Gasteiger partial charge in [0, 0.05) is 14.0 Å². The van der Waals surface area contributed by atoms with E-state index in [1.165, 1.54) is 6.92 Å². The zero-order valence-corrected chi connectivity index (χ0v) is 18.7. The fourth-order valence-electron chi connectivity index (χ4n) is 3.29. The molecule has 1 aliphatic rings. The Morgan fingerprint density at radius 1 is 0.933 bits per heavy atom. The average molecular weight is 479 g/mol. The van der Waals surface area contributed by atoms with Gasteiger partial charge in [0.15, 0.2) is 6.29 Å². The van der Waals surface area contributed by atoms with Crippen molar-refractivity contribution in [2.75, 3.05) is 13.7 Å². The number of rotatable bonds is 9. The largest absolute Gasteiger partial charge is 0.463 e. The van der Waals surface area contributed by atoms with Crippen molar-refractivity contribution < 1.29 is 28.5 Å². The van der Waals surface area contributed by atoms with Crippen LogP contribution in [0.5, 0.6) is 0 Å². The molecule has 1 saturated heterocycles. The maximum absolute atomic E-state index is 11.3. The van der Waals surface area contributed by atoms with Crippen molar-refractivity contribution in [3.05, 3.63) is 71.8 Å². The van der Waals surface area contributed by atoms with E-state index >= 15 is 0 Å². The standard InChI is InChI=1S/C23H27BrO6/c1-16(25)27-15-19-20(24)21(28-13-17-9-5-3-6-10-17)22(23(26-2)30-19)29-14-18-11-7-4-8-12-18/h3-12,19-23H,13-15H2,1-2H3/t19-,20+,21+,22-,23+/m1/s1. The zero-order chi connectivity index (χ0) is 21.3. The minimum Gasteiger partial charge on any atom is -0.463 e. The SMILES string of the molecule is CO[C@H]1O[C@H](COC(C)=O)[C@H](Br)[C@H](OCc2ccccc2)[C@H]1OCc1ccccc1. The second kappa shape index (κ2) is 11.6. The molecule has 30 heavy (non-hydrogen) atoms. The number of methoxy groups -OCH3 is 1. The van der Waals surface area contributed by atoms with Gasteiger partial charge in [-0.15, -0.1) is 0 Å². The van der Waals surface area contributed by atoms with Crippen LogP contribution < -0.4 is 0 Å². The Labute approximate surface area is 185 Å². The quantitative estimate of drug-likeness (QED) is 0.402. The summed E-state index contributed by atoms with van der Waals surface area (Å²) < 4.78 is 29.3. The maximum Gasteiger partial charge on any atom is 0.302 e. The summed E-state index contributed by atoms with van der Waals surface area (Å²) in [7, 11) is 1.56. The van der Waals surface area contributed by atoms with E-state index in [0.29, 0.717) is 13.2 Å². The van der Waals surface area contributed by atoms with Gasteiger partial charge in [-0.2, -0.15) is 0 Å². The van der Waals surface area contributed by atoms with Crippen LogP contribution in [-0.2, 0) is 41.7 Å². The van der Waals surface area contributed by atoms with Gasteiger partial charge in [-0.05, 0) is 11.1 Å². The van der Waals surface area contributed by atoms with Gasteiger partial charge in [0.1, 0.15) is 24.9 Å². The minimum absolute atomic E-state index is 0.0989. The third kappa shape index (κ3) is 6.36. The highest BCUT2D eigenvalue weighted by Crippen LogP contribution is 2.32. The number of hydrogen-bond donors (Lipinski definition) is 0. The molecule has 0 aromatic heterocycles. The predicted molar refractivity (Wildman–Crippen MR) is 115 cm³/mol. The molecule has 2 aromatic carbocycles. The van der Waals surface area contributed by atoms with Gasteiger partial charge in [0.2, 0.25) is 0 Å². The zero-order valence-electron chi connectivity index (χ0n) is 17.1. The molecule has 3 rings (SSSR count). The van der Waals surface area contributed by atoms with Crippen LogP contribution in [0.1, 0.15) is 18.1 Å². The molecule has 2 aromatic rings. The van der Waals surface area contributed by atoms with Crippen LogP contribution in [0.15, 0.2) is 60.7 Å². The molecule has 0 N–H and O–H groups in total. The highest BCUT2D eigenvalue weighted by Gasteiger charge is 2.47. The monoisotopic (exact) mass is 478 g/mol. The lowest BCUT2D eigenvalue weighted by molar-refractivity contribution is -0.281. The summed E-state index contributed by atoms with van der Waals surface area (Å²) in [5.74, 6) is -0.364. The third-order valence-electron chi connectivity index (χ3n) is 4.82. The van der Waals surface area contributed by atoms with Crippen LogP contribution >= 0.6 is 15.9 Å². The van der Waals surface area contributed by atoms with Crippen molar-refractivity contribution in [2.24, 2.45) is 0 Å². The Hall–Kier alpha value is -1.77. The molecule has 7 heteroatoms. The van der Waals surface area contributed by atoms with E-state index in [-0.39, 0.29) is 23.5 Å². The number of esters is 1. The molecule has 162 valence electrons. The molecule has 6 nitrogen and oxygen atoms in total. The topological polar surface area (TPSA) is 63.2 Å². The smallest absolute Gasteiger partial charge is 0.302 e. The summed E-state index contributed by atoms with van der Waals surface area (Å²) in [6, 6.07) is 19.8. The van der Waals surface area contributed by atoms with Gasteiger partial charge in [-0.1, -0.05) is 76.6 Å². The highest BCUT2D eigenvalue weighted by atomic mass is 79.9. The van der Waals surface area contributed by atoms with Gasteiger partial charge in [-0.3, -0.25) is 4.79 Å². The molecule has 0 saturated carbocycles. The Bertz CT molecular complexity index is 772. The van der Waals surface area contributed by atoms with E-state index in [2.05, 4.69) is 15.9 Å². The number of halogens is 1. The fourth-order valence-corrected chi connectivity index (χ4v) is 4.02. The number of benzene rings is 2. The number of carbonyl (C=O) groups is 1. The van der Waals surface area contributed by atoms with Crippen molar-refractivity contribution in [1.82, 2.24) is 0 Å². The van der Waals surface area contributed by atoms with Crippen LogP contribution in [0.2, 0.25) is 0 Å². The van der Waals surface area contributed by atoms with E-state index in [1.807, 2.05) is 60.7 Å². The number of alkyl halides is 1. The van der Waals surface area contributed by atoms with Crippen molar-refractivity contribution in [2.45, 2.75) is 49.6 Å². The lowest BCUT2D eigenvalue weighted by atomic mass is 10.0. The molecule has 0 unspecified atom stereocenters. The lowest BCUT2D eigenvalue weighted by Crippen LogP contribution is -2.58. The van der Waals surface area contributed by atoms with Crippen molar-refractivity contribution >= 4 is 21.9 Å². The molecule has 0 aliphatic carbocycles. The number of hydrogen-bond acceptors (Lipinski definition) is 6. The molecule has 1 fully saturated rings. The first kappa shape index (κ1) is 22.9. The van der Waals surface area contributed by atoms with E-state index in [0.717, 1.165) is 11.1 Å².